The molecule has 0 saturated heterocycles. The first-order chi connectivity index (χ1) is 10.7. The summed E-state index contributed by atoms with van der Waals surface area (Å²) in [6, 6.07) is 0.267. The van der Waals surface area contributed by atoms with Crippen LogP contribution in [0.5, 0.6) is 0 Å². The van der Waals surface area contributed by atoms with Gasteiger partial charge < -0.3 is 24.8 Å². The summed E-state index contributed by atoms with van der Waals surface area (Å²) in [5, 5.41) is 6.20. The van der Waals surface area contributed by atoms with Gasteiger partial charge in [-0.15, -0.1) is 0 Å². The summed E-state index contributed by atoms with van der Waals surface area (Å²) in [7, 11) is 1.70. The van der Waals surface area contributed by atoms with Gasteiger partial charge in [0.2, 0.25) is 0 Å². The summed E-state index contributed by atoms with van der Waals surface area (Å²) >= 11 is 0. The number of hydrogen-bond acceptors (Lipinski definition) is 5. The summed E-state index contributed by atoms with van der Waals surface area (Å²) in [5.74, 6) is 0.559. The monoisotopic (exact) mass is 332 g/mol. The molecule has 0 bridgehead atoms. The highest BCUT2D eigenvalue weighted by Crippen LogP contribution is 2.06. The molecule has 0 radical (unpaired) electrons. The summed E-state index contributed by atoms with van der Waals surface area (Å²) in [5.41, 5.74) is -0.458. The maximum absolute atomic E-state index is 11.5. The smallest absolute Gasteiger partial charge is 0.407 e. The molecule has 6 nitrogen and oxygen atoms in total. The third-order valence-electron chi connectivity index (χ3n) is 2.90. The fourth-order valence-corrected chi connectivity index (χ4v) is 1.95. The van der Waals surface area contributed by atoms with Crippen molar-refractivity contribution in [1.29, 1.82) is 0 Å². The number of rotatable bonds is 12. The molecule has 0 aliphatic rings. The van der Waals surface area contributed by atoms with Gasteiger partial charge in [0.05, 0.1) is 13.2 Å². The van der Waals surface area contributed by atoms with Crippen LogP contribution in [0.1, 0.15) is 47.5 Å². The zero-order valence-electron chi connectivity index (χ0n) is 15.7. The molecular formula is C17H36N2O4. The number of carbonyl (C=O) groups is 1. The third kappa shape index (κ3) is 15.8. The fraction of sp³-hybridized carbons (Fsp3) is 0.941. The summed E-state index contributed by atoms with van der Waals surface area (Å²) < 4.78 is 16.0. The van der Waals surface area contributed by atoms with E-state index in [1.165, 1.54) is 0 Å². The van der Waals surface area contributed by atoms with Crippen LogP contribution in [0.15, 0.2) is 0 Å². The van der Waals surface area contributed by atoms with Gasteiger partial charge in [-0.2, -0.15) is 0 Å². The molecule has 0 aliphatic heterocycles. The van der Waals surface area contributed by atoms with Crippen LogP contribution in [0.3, 0.4) is 0 Å². The normalized spacial score (nSPS) is 13.2. The number of nitrogens with one attached hydrogen (secondary N) is 2. The van der Waals surface area contributed by atoms with Crippen LogP contribution >= 0.6 is 0 Å². The molecule has 138 valence electrons. The molecule has 1 amide bonds. The summed E-state index contributed by atoms with van der Waals surface area (Å²) in [6.07, 6.45) is 1.43. The van der Waals surface area contributed by atoms with Gasteiger partial charge in [0.1, 0.15) is 5.60 Å². The zero-order valence-corrected chi connectivity index (χ0v) is 15.7. The molecule has 0 aliphatic carbocycles. The number of amides is 1. The Balaban J connectivity index is 3.77. The summed E-state index contributed by atoms with van der Waals surface area (Å²) in [4.78, 5) is 11.5. The molecule has 2 N–H and O–H groups in total. The first-order valence-corrected chi connectivity index (χ1v) is 8.51. The van der Waals surface area contributed by atoms with Crippen LogP contribution in [0.25, 0.3) is 0 Å². The Morgan fingerprint density at radius 1 is 1.13 bits per heavy atom. The lowest BCUT2D eigenvalue weighted by Crippen LogP contribution is -2.37. The standard InChI is InChI=1S/C17H36N2O4/c1-14(2)12-22-11-10-18-15(13-21-6)8-7-9-19-16(20)23-17(3,4)5/h14-15,18H,7-13H2,1-6H3,(H,19,20). The Morgan fingerprint density at radius 2 is 1.83 bits per heavy atom. The highest BCUT2D eigenvalue weighted by Gasteiger charge is 2.15. The van der Waals surface area contributed by atoms with E-state index >= 15 is 0 Å². The lowest BCUT2D eigenvalue weighted by Gasteiger charge is -2.20. The molecule has 0 aromatic rings. The second kappa shape index (κ2) is 12.6. The van der Waals surface area contributed by atoms with E-state index in [1.807, 2.05) is 20.8 Å². The van der Waals surface area contributed by atoms with Crippen LogP contribution < -0.4 is 10.6 Å². The van der Waals surface area contributed by atoms with Gasteiger partial charge in [-0.05, 0) is 39.5 Å². The van der Waals surface area contributed by atoms with E-state index in [4.69, 9.17) is 14.2 Å². The molecule has 0 aromatic heterocycles. The third-order valence-corrected chi connectivity index (χ3v) is 2.90. The molecule has 0 fully saturated rings. The molecule has 1 atom stereocenters. The Hall–Kier alpha value is -0.850. The molecule has 0 heterocycles. The number of methoxy groups -OCH3 is 1. The molecule has 0 aromatic carbocycles. The van der Waals surface area contributed by atoms with Gasteiger partial charge in [-0.1, -0.05) is 13.8 Å². The van der Waals surface area contributed by atoms with E-state index in [9.17, 15) is 4.79 Å². The lowest BCUT2D eigenvalue weighted by molar-refractivity contribution is 0.0526. The van der Waals surface area contributed by atoms with Crippen molar-refractivity contribution in [3.63, 3.8) is 0 Å². The van der Waals surface area contributed by atoms with Crippen molar-refractivity contribution in [2.75, 3.05) is 40.0 Å². The van der Waals surface area contributed by atoms with Crippen molar-refractivity contribution in [2.24, 2.45) is 5.92 Å². The molecule has 0 rings (SSSR count). The minimum Gasteiger partial charge on any atom is -0.444 e. The van der Waals surface area contributed by atoms with Crippen molar-refractivity contribution >= 4 is 6.09 Å². The minimum atomic E-state index is -0.458. The molecule has 23 heavy (non-hydrogen) atoms. The average molecular weight is 332 g/mol. The Bertz CT molecular complexity index is 303. The molecule has 6 heteroatoms. The first-order valence-electron chi connectivity index (χ1n) is 8.51. The van der Waals surface area contributed by atoms with Gasteiger partial charge in [0.15, 0.2) is 0 Å². The van der Waals surface area contributed by atoms with Gasteiger partial charge in [-0.25, -0.2) is 4.79 Å². The SMILES string of the molecule is COCC(CCCNC(=O)OC(C)(C)C)NCCOCC(C)C. The summed E-state index contributed by atoms with van der Waals surface area (Å²) in [6.45, 7) is 13.4. The number of carbonyl (C=O) groups excluding carboxylic acids is 1. The van der Waals surface area contributed by atoms with Gasteiger partial charge in [-0.3, -0.25) is 0 Å². The van der Waals surface area contributed by atoms with Crippen molar-refractivity contribution in [3.05, 3.63) is 0 Å². The van der Waals surface area contributed by atoms with Crippen molar-refractivity contribution in [1.82, 2.24) is 10.6 Å². The van der Waals surface area contributed by atoms with E-state index in [0.29, 0.717) is 25.7 Å². The van der Waals surface area contributed by atoms with E-state index in [1.54, 1.807) is 7.11 Å². The maximum Gasteiger partial charge on any atom is 0.407 e. The van der Waals surface area contributed by atoms with Crippen LogP contribution in [0.2, 0.25) is 0 Å². The second-order valence-corrected chi connectivity index (χ2v) is 7.15. The molecule has 0 spiro atoms. The van der Waals surface area contributed by atoms with E-state index in [2.05, 4.69) is 24.5 Å². The predicted octanol–water partition coefficient (Wildman–Crippen LogP) is 2.57. The first kappa shape index (κ1) is 22.1. The highest BCUT2D eigenvalue weighted by atomic mass is 16.6. The number of hydrogen-bond donors (Lipinski definition) is 2. The quantitative estimate of drug-likeness (QED) is 0.538. The molecule has 1 unspecified atom stereocenters. The van der Waals surface area contributed by atoms with Gasteiger partial charge in [0.25, 0.3) is 0 Å². The van der Waals surface area contributed by atoms with Crippen molar-refractivity contribution in [2.45, 2.75) is 59.1 Å². The van der Waals surface area contributed by atoms with Crippen LogP contribution in [0, 0.1) is 5.92 Å². The van der Waals surface area contributed by atoms with Gasteiger partial charge in [0, 0.05) is 32.8 Å². The van der Waals surface area contributed by atoms with Crippen LogP contribution in [-0.2, 0) is 14.2 Å². The second-order valence-electron chi connectivity index (χ2n) is 7.15. The Kier molecular flexibility index (Phi) is 12.1. The highest BCUT2D eigenvalue weighted by molar-refractivity contribution is 5.67. The average Bonchev–Trinajstić information content (AvgIpc) is 2.40. The maximum atomic E-state index is 11.5. The zero-order chi connectivity index (χ0) is 17.7. The topological polar surface area (TPSA) is 68.8 Å². The van der Waals surface area contributed by atoms with Crippen LogP contribution in [0.4, 0.5) is 4.79 Å². The molecular weight excluding hydrogens is 296 g/mol. The predicted molar refractivity (Wildman–Crippen MR) is 92.8 cm³/mol. The number of ether oxygens (including phenoxy) is 3. The van der Waals surface area contributed by atoms with Gasteiger partial charge >= 0.3 is 6.09 Å². The van der Waals surface area contributed by atoms with Crippen molar-refractivity contribution in [3.8, 4) is 0 Å². The minimum absolute atomic E-state index is 0.267. The Morgan fingerprint density at radius 3 is 2.39 bits per heavy atom. The van der Waals surface area contributed by atoms with E-state index < -0.39 is 5.60 Å². The Labute approximate surface area is 141 Å². The van der Waals surface area contributed by atoms with Crippen LogP contribution in [-0.4, -0.2) is 57.8 Å². The lowest BCUT2D eigenvalue weighted by atomic mass is 10.1. The largest absolute Gasteiger partial charge is 0.444 e. The van der Waals surface area contributed by atoms with E-state index in [-0.39, 0.29) is 12.1 Å². The van der Waals surface area contributed by atoms with Crippen molar-refractivity contribution < 1.29 is 19.0 Å². The van der Waals surface area contributed by atoms with E-state index in [0.717, 1.165) is 26.0 Å². The fourth-order valence-electron chi connectivity index (χ4n) is 1.95. The molecule has 0 saturated carbocycles. The number of alkyl carbamates (subject to hydrolysis) is 1.